The van der Waals surface area contributed by atoms with E-state index in [-0.39, 0.29) is 41.4 Å². The second-order valence-corrected chi connectivity index (χ2v) is 11.2. The Balaban J connectivity index is 1.35. The summed E-state index contributed by atoms with van der Waals surface area (Å²) in [6, 6.07) is 5.22. The van der Waals surface area contributed by atoms with Crippen molar-refractivity contribution in [3.8, 4) is 0 Å². The standard InChI is InChI=1S/C27H36N4O5S/c32-24(29-19-6-2-1-3-7-19)17-37-27-30-23-14-18(25(33)28-15-20-8-4-12-35-20)10-11-22(23)26(34)31(27)16-21-9-5-13-36-21/h10-11,14,19-21H,1-9,12-13,15-17H2,(H,28,33)(H,29,32)/t20-,21-/m1/s1. The van der Waals surface area contributed by atoms with E-state index >= 15 is 0 Å². The molecule has 1 aromatic heterocycles. The van der Waals surface area contributed by atoms with Crippen molar-refractivity contribution in [1.29, 1.82) is 0 Å². The fraction of sp³-hybridized carbons (Fsp3) is 0.630. The van der Waals surface area contributed by atoms with Gasteiger partial charge in [-0.25, -0.2) is 4.98 Å². The van der Waals surface area contributed by atoms with Crippen molar-refractivity contribution in [2.75, 3.05) is 25.5 Å². The predicted molar refractivity (Wildman–Crippen MR) is 142 cm³/mol. The molecule has 2 aromatic rings. The van der Waals surface area contributed by atoms with Gasteiger partial charge in [0.25, 0.3) is 11.5 Å². The number of nitrogens with one attached hydrogen (secondary N) is 2. The molecular formula is C27H36N4O5S. The maximum absolute atomic E-state index is 13.5. The molecule has 3 fully saturated rings. The Morgan fingerprint density at radius 2 is 1.76 bits per heavy atom. The normalized spacial score (nSPS) is 22.4. The Morgan fingerprint density at radius 1 is 1.00 bits per heavy atom. The van der Waals surface area contributed by atoms with E-state index in [0.717, 1.165) is 58.0 Å². The van der Waals surface area contributed by atoms with Gasteiger partial charge in [-0.3, -0.25) is 19.0 Å². The van der Waals surface area contributed by atoms with E-state index in [9.17, 15) is 14.4 Å². The van der Waals surface area contributed by atoms with Crippen molar-refractivity contribution < 1.29 is 19.1 Å². The maximum Gasteiger partial charge on any atom is 0.262 e. The molecular weight excluding hydrogens is 492 g/mol. The number of carbonyl (C=O) groups excluding carboxylic acids is 2. The lowest BCUT2D eigenvalue weighted by molar-refractivity contribution is -0.119. The highest BCUT2D eigenvalue weighted by Gasteiger charge is 2.23. The second-order valence-electron chi connectivity index (χ2n) is 10.2. The fourth-order valence-corrected chi connectivity index (χ4v) is 6.19. The summed E-state index contributed by atoms with van der Waals surface area (Å²) in [7, 11) is 0. The summed E-state index contributed by atoms with van der Waals surface area (Å²) < 4.78 is 13.0. The zero-order chi connectivity index (χ0) is 25.6. The molecule has 0 spiro atoms. The van der Waals surface area contributed by atoms with Gasteiger partial charge < -0.3 is 20.1 Å². The predicted octanol–water partition coefficient (Wildman–Crippen LogP) is 3.03. The summed E-state index contributed by atoms with van der Waals surface area (Å²) >= 11 is 1.26. The molecule has 0 bridgehead atoms. The van der Waals surface area contributed by atoms with Gasteiger partial charge in [0, 0.05) is 31.4 Å². The van der Waals surface area contributed by atoms with Crippen LogP contribution in [0.25, 0.3) is 10.9 Å². The third kappa shape index (κ3) is 6.72. The van der Waals surface area contributed by atoms with Crippen molar-refractivity contribution in [3.05, 3.63) is 34.1 Å². The molecule has 3 aliphatic rings. The number of ether oxygens (including phenoxy) is 2. The number of hydrogen-bond donors (Lipinski definition) is 2. The highest BCUT2D eigenvalue weighted by atomic mass is 32.2. The number of nitrogens with zero attached hydrogens (tertiary/aromatic N) is 2. The van der Waals surface area contributed by atoms with Crippen molar-refractivity contribution in [2.45, 2.75) is 87.7 Å². The highest BCUT2D eigenvalue weighted by Crippen LogP contribution is 2.23. The Kier molecular flexibility index (Phi) is 8.78. The molecule has 5 rings (SSSR count). The lowest BCUT2D eigenvalue weighted by atomic mass is 9.95. The molecule has 1 aromatic carbocycles. The average Bonchev–Trinajstić information content (AvgIpc) is 3.63. The monoisotopic (exact) mass is 528 g/mol. The van der Waals surface area contributed by atoms with Gasteiger partial charge in [0.05, 0.1) is 35.4 Å². The smallest absolute Gasteiger partial charge is 0.262 e. The first-order chi connectivity index (χ1) is 18.1. The zero-order valence-electron chi connectivity index (χ0n) is 21.2. The molecule has 2 amide bonds. The molecule has 37 heavy (non-hydrogen) atoms. The minimum atomic E-state index is -0.219. The quantitative estimate of drug-likeness (QED) is 0.380. The van der Waals surface area contributed by atoms with Gasteiger partial charge in [-0.05, 0) is 56.7 Å². The van der Waals surface area contributed by atoms with Gasteiger partial charge in [-0.2, -0.15) is 0 Å². The van der Waals surface area contributed by atoms with Crippen molar-refractivity contribution >= 4 is 34.5 Å². The molecule has 2 saturated heterocycles. The van der Waals surface area contributed by atoms with Crippen LogP contribution < -0.4 is 16.2 Å². The fourth-order valence-electron chi connectivity index (χ4n) is 5.37. The number of hydrogen-bond acceptors (Lipinski definition) is 7. The molecule has 9 nitrogen and oxygen atoms in total. The van der Waals surface area contributed by atoms with Crippen molar-refractivity contribution in [3.63, 3.8) is 0 Å². The van der Waals surface area contributed by atoms with Crippen molar-refractivity contribution in [1.82, 2.24) is 20.2 Å². The van der Waals surface area contributed by atoms with Gasteiger partial charge in [-0.1, -0.05) is 31.0 Å². The van der Waals surface area contributed by atoms with Gasteiger partial charge in [0.2, 0.25) is 5.91 Å². The number of rotatable bonds is 9. The van der Waals surface area contributed by atoms with Crippen LogP contribution >= 0.6 is 11.8 Å². The van der Waals surface area contributed by atoms with Crippen molar-refractivity contribution in [2.24, 2.45) is 0 Å². The first-order valence-electron chi connectivity index (χ1n) is 13.5. The van der Waals surface area contributed by atoms with Crippen LogP contribution in [0.4, 0.5) is 0 Å². The van der Waals surface area contributed by atoms with Crippen LogP contribution in [0.1, 0.15) is 68.1 Å². The van der Waals surface area contributed by atoms with Crippen LogP contribution in [0, 0.1) is 0 Å². The Morgan fingerprint density at radius 3 is 2.49 bits per heavy atom. The van der Waals surface area contributed by atoms with E-state index in [1.807, 2.05) is 0 Å². The average molecular weight is 529 g/mol. The number of thioether (sulfide) groups is 1. The van der Waals surface area contributed by atoms with E-state index in [1.54, 1.807) is 22.8 Å². The first-order valence-corrected chi connectivity index (χ1v) is 14.5. The molecule has 0 unspecified atom stereocenters. The van der Waals surface area contributed by atoms with E-state index in [4.69, 9.17) is 14.5 Å². The summed E-state index contributed by atoms with van der Waals surface area (Å²) in [6.45, 7) is 2.29. The second kappa shape index (κ2) is 12.4. The van der Waals surface area contributed by atoms with E-state index in [1.165, 1.54) is 18.2 Å². The molecule has 1 saturated carbocycles. The largest absolute Gasteiger partial charge is 0.376 e. The molecule has 200 valence electrons. The number of benzene rings is 1. The Labute approximate surface area is 221 Å². The summed E-state index contributed by atoms with van der Waals surface area (Å²) in [4.78, 5) is 43.7. The van der Waals surface area contributed by atoms with Gasteiger partial charge in [0.1, 0.15) is 0 Å². The molecule has 0 radical (unpaired) electrons. The summed E-state index contributed by atoms with van der Waals surface area (Å²) in [5, 5.41) is 6.98. The number of carbonyl (C=O) groups is 2. The number of fused-ring (bicyclic) bond motifs is 1. The maximum atomic E-state index is 13.5. The van der Waals surface area contributed by atoms with E-state index < -0.39 is 0 Å². The van der Waals surface area contributed by atoms with Crippen LogP contribution in [0.3, 0.4) is 0 Å². The Hall–Kier alpha value is -2.43. The van der Waals surface area contributed by atoms with Gasteiger partial charge >= 0.3 is 0 Å². The van der Waals surface area contributed by atoms with Gasteiger partial charge in [-0.15, -0.1) is 0 Å². The van der Waals surface area contributed by atoms with Crippen LogP contribution in [-0.4, -0.2) is 65.1 Å². The van der Waals surface area contributed by atoms with E-state index in [2.05, 4.69) is 10.6 Å². The van der Waals surface area contributed by atoms with Crippen LogP contribution in [0.5, 0.6) is 0 Å². The molecule has 2 aliphatic heterocycles. The number of amides is 2. The summed E-state index contributed by atoms with van der Waals surface area (Å²) in [6.07, 6.45) is 9.38. The van der Waals surface area contributed by atoms with E-state index in [0.29, 0.717) is 41.3 Å². The minimum absolute atomic E-state index is 0.0443. The lowest BCUT2D eigenvalue weighted by Crippen LogP contribution is -2.37. The summed E-state index contributed by atoms with van der Waals surface area (Å²) in [5.41, 5.74) is 0.718. The molecule has 10 heteroatoms. The van der Waals surface area contributed by atoms with Crippen LogP contribution in [-0.2, 0) is 20.8 Å². The highest BCUT2D eigenvalue weighted by molar-refractivity contribution is 7.99. The SMILES string of the molecule is O=C(CSc1nc2cc(C(=O)NC[C@H]3CCCO3)ccc2c(=O)n1C[C@H]1CCCO1)NC1CCCCC1. The first kappa shape index (κ1) is 26.2. The van der Waals surface area contributed by atoms with Crippen LogP contribution in [0.15, 0.2) is 28.2 Å². The zero-order valence-corrected chi connectivity index (χ0v) is 22.0. The summed E-state index contributed by atoms with van der Waals surface area (Å²) in [5.74, 6) is -0.0809. The third-order valence-electron chi connectivity index (χ3n) is 7.41. The minimum Gasteiger partial charge on any atom is -0.376 e. The van der Waals surface area contributed by atoms with Gasteiger partial charge in [0.15, 0.2) is 5.16 Å². The molecule has 2 N–H and O–H groups in total. The molecule has 1 aliphatic carbocycles. The number of aromatic nitrogens is 2. The third-order valence-corrected chi connectivity index (χ3v) is 8.39. The Bertz CT molecular complexity index is 1170. The van der Waals surface area contributed by atoms with Crippen LogP contribution in [0.2, 0.25) is 0 Å². The molecule has 2 atom stereocenters. The molecule has 3 heterocycles. The topological polar surface area (TPSA) is 112 Å². The lowest BCUT2D eigenvalue weighted by Gasteiger charge is -2.22.